The number of unbranched alkanes of at least 4 members (excludes halogenated alkanes) is 1. The fourth-order valence-electron chi connectivity index (χ4n) is 1.48. The summed E-state index contributed by atoms with van der Waals surface area (Å²) in [4.78, 5) is 0. The molecule has 0 aliphatic heterocycles. The average molecular weight is 247 g/mol. The van der Waals surface area contributed by atoms with E-state index in [1.807, 2.05) is 6.92 Å². The molecular weight excluding hydrogens is 233 g/mol. The normalized spacial score (nSPS) is 11.6. The predicted molar refractivity (Wildman–Crippen MR) is 57.1 cm³/mol. The van der Waals surface area contributed by atoms with Gasteiger partial charge in [-0.2, -0.15) is 0 Å². The zero-order chi connectivity index (χ0) is 12.9. The molecular formula is C12H14F3O2. The van der Waals surface area contributed by atoms with E-state index in [-0.39, 0.29) is 5.75 Å². The Balaban J connectivity index is 2.88. The molecule has 0 saturated heterocycles. The molecule has 0 aliphatic carbocycles. The van der Waals surface area contributed by atoms with Gasteiger partial charge in [-0.05, 0) is 36.1 Å². The minimum absolute atomic E-state index is 0.300. The van der Waals surface area contributed by atoms with Crippen LogP contribution in [0.15, 0.2) is 18.2 Å². The van der Waals surface area contributed by atoms with Crippen molar-refractivity contribution in [1.82, 2.24) is 0 Å². The van der Waals surface area contributed by atoms with Crippen LogP contribution in [0.3, 0.4) is 0 Å². The largest absolute Gasteiger partial charge is 0.573 e. The highest BCUT2D eigenvalue weighted by molar-refractivity contribution is 5.37. The lowest BCUT2D eigenvalue weighted by molar-refractivity contribution is -0.274. The first-order valence-electron chi connectivity index (χ1n) is 5.31. The maximum absolute atomic E-state index is 12.1. The molecule has 17 heavy (non-hydrogen) atoms. The van der Waals surface area contributed by atoms with Crippen LogP contribution in [0.2, 0.25) is 0 Å². The number of alkyl halides is 3. The van der Waals surface area contributed by atoms with E-state index in [1.165, 1.54) is 6.07 Å². The molecule has 0 fully saturated rings. The molecule has 2 nitrogen and oxygen atoms in total. The van der Waals surface area contributed by atoms with Gasteiger partial charge in [0, 0.05) is 0 Å². The van der Waals surface area contributed by atoms with E-state index in [0.29, 0.717) is 17.5 Å². The molecule has 0 atom stereocenters. The lowest BCUT2D eigenvalue weighted by Gasteiger charge is -2.11. The first kappa shape index (κ1) is 13.8. The van der Waals surface area contributed by atoms with Crippen molar-refractivity contribution in [3.63, 3.8) is 0 Å². The SMILES string of the molecule is CCCCc1cc([CH]O)cc(OC(F)(F)F)c1. The molecule has 0 aliphatic rings. The Bertz CT molecular complexity index is 361. The van der Waals surface area contributed by atoms with Crippen molar-refractivity contribution >= 4 is 0 Å². The molecule has 95 valence electrons. The fourth-order valence-corrected chi connectivity index (χ4v) is 1.48. The minimum Gasteiger partial charge on any atom is -0.406 e. The van der Waals surface area contributed by atoms with E-state index >= 15 is 0 Å². The van der Waals surface area contributed by atoms with Gasteiger partial charge in [-0.1, -0.05) is 19.4 Å². The van der Waals surface area contributed by atoms with Gasteiger partial charge in [0.15, 0.2) is 0 Å². The van der Waals surface area contributed by atoms with Crippen LogP contribution in [0.4, 0.5) is 13.2 Å². The Morgan fingerprint density at radius 2 is 2.00 bits per heavy atom. The summed E-state index contributed by atoms with van der Waals surface area (Å²) in [6, 6.07) is 4.12. The van der Waals surface area contributed by atoms with Crippen molar-refractivity contribution in [2.24, 2.45) is 0 Å². The molecule has 0 unspecified atom stereocenters. The standard InChI is InChI=1S/C12H14F3O2/c1-2-3-4-9-5-10(8-16)7-11(6-9)17-12(13,14)15/h5-8,16H,2-4H2,1H3. The van der Waals surface area contributed by atoms with Gasteiger partial charge in [0.05, 0.1) is 0 Å². The lowest BCUT2D eigenvalue weighted by Crippen LogP contribution is -2.17. The number of halogens is 3. The number of aryl methyl sites for hydroxylation is 1. The number of benzene rings is 1. The van der Waals surface area contributed by atoms with Crippen LogP contribution >= 0.6 is 0 Å². The molecule has 5 heteroatoms. The zero-order valence-corrected chi connectivity index (χ0v) is 9.42. The van der Waals surface area contributed by atoms with Crippen molar-refractivity contribution in [1.29, 1.82) is 0 Å². The Labute approximate surface area is 98.0 Å². The monoisotopic (exact) mass is 247 g/mol. The van der Waals surface area contributed by atoms with Gasteiger partial charge in [-0.25, -0.2) is 0 Å². The first-order valence-corrected chi connectivity index (χ1v) is 5.31. The highest BCUT2D eigenvalue weighted by atomic mass is 19.4. The van der Waals surface area contributed by atoms with E-state index in [0.717, 1.165) is 25.5 Å². The highest BCUT2D eigenvalue weighted by Gasteiger charge is 2.31. The zero-order valence-electron chi connectivity index (χ0n) is 9.42. The van der Waals surface area contributed by atoms with Crippen LogP contribution in [0.5, 0.6) is 5.75 Å². The van der Waals surface area contributed by atoms with Crippen molar-refractivity contribution in [2.45, 2.75) is 32.5 Å². The van der Waals surface area contributed by atoms with Crippen LogP contribution in [-0.4, -0.2) is 11.5 Å². The maximum atomic E-state index is 12.1. The number of hydrogen-bond donors (Lipinski definition) is 1. The summed E-state index contributed by atoms with van der Waals surface area (Å²) in [6.45, 7) is 2.76. The van der Waals surface area contributed by atoms with Gasteiger partial charge in [0.2, 0.25) is 0 Å². The molecule has 0 aromatic heterocycles. The molecule has 1 aromatic carbocycles. The summed E-state index contributed by atoms with van der Waals surface area (Å²) in [5, 5.41) is 8.85. The Morgan fingerprint density at radius 1 is 1.29 bits per heavy atom. The molecule has 1 radical (unpaired) electrons. The van der Waals surface area contributed by atoms with Crippen LogP contribution in [-0.2, 0) is 6.42 Å². The number of ether oxygens (including phenoxy) is 1. The van der Waals surface area contributed by atoms with Crippen LogP contribution < -0.4 is 4.74 Å². The van der Waals surface area contributed by atoms with Crippen LogP contribution in [0.1, 0.15) is 30.9 Å². The molecule has 0 spiro atoms. The minimum atomic E-state index is -4.71. The third kappa shape index (κ3) is 5.08. The molecule has 0 bridgehead atoms. The average Bonchev–Trinajstić information content (AvgIpc) is 2.23. The van der Waals surface area contributed by atoms with Crippen LogP contribution in [0, 0.1) is 6.61 Å². The molecule has 1 aromatic rings. The molecule has 1 rings (SSSR count). The number of aliphatic hydroxyl groups is 1. The van der Waals surface area contributed by atoms with E-state index < -0.39 is 6.36 Å². The summed E-state index contributed by atoms with van der Waals surface area (Å²) >= 11 is 0. The predicted octanol–water partition coefficient (Wildman–Crippen LogP) is 3.81. The van der Waals surface area contributed by atoms with Gasteiger partial charge in [-0.3, -0.25) is 0 Å². The number of aliphatic hydroxyl groups excluding tert-OH is 1. The number of rotatable bonds is 5. The third-order valence-corrected chi connectivity index (χ3v) is 2.19. The Hall–Kier alpha value is -1.23. The molecule has 0 saturated carbocycles. The van der Waals surface area contributed by atoms with Gasteiger partial charge in [-0.15, -0.1) is 13.2 Å². The van der Waals surface area contributed by atoms with Crippen LogP contribution in [0.25, 0.3) is 0 Å². The van der Waals surface area contributed by atoms with E-state index in [4.69, 9.17) is 5.11 Å². The van der Waals surface area contributed by atoms with Crippen molar-refractivity contribution in [3.8, 4) is 5.75 Å². The van der Waals surface area contributed by atoms with Crippen molar-refractivity contribution < 1.29 is 23.0 Å². The smallest absolute Gasteiger partial charge is 0.406 e. The maximum Gasteiger partial charge on any atom is 0.573 e. The second kappa shape index (κ2) is 5.91. The van der Waals surface area contributed by atoms with Gasteiger partial charge >= 0.3 is 6.36 Å². The molecule has 0 heterocycles. The number of hydrogen-bond acceptors (Lipinski definition) is 2. The Kier molecular flexibility index (Phi) is 4.81. The summed E-state index contributed by atoms with van der Waals surface area (Å²) in [6.07, 6.45) is -2.23. The lowest BCUT2D eigenvalue weighted by atomic mass is 10.1. The third-order valence-electron chi connectivity index (χ3n) is 2.19. The van der Waals surface area contributed by atoms with Gasteiger partial charge < -0.3 is 9.84 Å². The first-order chi connectivity index (χ1) is 7.94. The molecule has 0 amide bonds. The second-order valence-electron chi connectivity index (χ2n) is 3.69. The van der Waals surface area contributed by atoms with E-state index in [2.05, 4.69) is 4.74 Å². The fraction of sp³-hybridized carbons (Fsp3) is 0.417. The van der Waals surface area contributed by atoms with E-state index in [9.17, 15) is 13.2 Å². The van der Waals surface area contributed by atoms with E-state index in [1.54, 1.807) is 6.07 Å². The Morgan fingerprint density at radius 3 is 2.53 bits per heavy atom. The van der Waals surface area contributed by atoms with Gasteiger partial charge in [0.25, 0.3) is 0 Å². The molecule has 1 N–H and O–H groups in total. The summed E-state index contributed by atoms with van der Waals surface area (Å²) < 4.78 is 40.0. The quantitative estimate of drug-likeness (QED) is 0.857. The van der Waals surface area contributed by atoms with Crippen molar-refractivity contribution in [3.05, 3.63) is 35.9 Å². The van der Waals surface area contributed by atoms with Gasteiger partial charge in [0.1, 0.15) is 12.4 Å². The summed E-state index contributed by atoms with van der Waals surface area (Å²) in [5.41, 5.74) is 1.02. The topological polar surface area (TPSA) is 29.5 Å². The highest BCUT2D eigenvalue weighted by Crippen LogP contribution is 2.26. The summed E-state index contributed by atoms with van der Waals surface area (Å²) in [7, 11) is 0. The van der Waals surface area contributed by atoms with Crippen molar-refractivity contribution in [2.75, 3.05) is 0 Å². The summed E-state index contributed by atoms with van der Waals surface area (Å²) in [5.74, 6) is -0.300. The second-order valence-corrected chi connectivity index (χ2v) is 3.69.